The smallest absolute Gasteiger partial charge is 0.139 e. The van der Waals surface area contributed by atoms with Crippen molar-refractivity contribution in [3.8, 4) is 0 Å². The molecule has 0 saturated carbocycles. The number of methoxy groups -OCH3 is 1. The molecule has 0 bridgehead atoms. The van der Waals surface area contributed by atoms with Crippen molar-refractivity contribution >= 4 is 28.3 Å². The zero-order valence-electron chi connectivity index (χ0n) is 10.3. The largest absolute Gasteiger partial charge is 0.383 e. The van der Waals surface area contributed by atoms with Crippen LogP contribution in [0.5, 0.6) is 0 Å². The summed E-state index contributed by atoms with van der Waals surface area (Å²) in [6.07, 6.45) is 1.59. The number of ether oxygens (including phenoxy) is 1. The Labute approximate surface area is 112 Å². The lowest BCUT2D eigenvalue weighted by Crippen LogP contribution is -2.30. The van der Waals surface area contributed by atoms with Crippen LogP contribution in [0.3, 0.4) is 0 Å². The molecular formula is C13H16ClN3O. The van der Waals surface area contributed by atoms with Crippen molar-refractivity contribution < 1.29 is 4.74 Å². The van der Waals surface area contributed by atoms with Gasteiger partial charge in [-0.05, 0) is 12.1 Å². The molecule has 0 saturated heterocycles. The first-order valence-electron chi connectivity index (χ1n) is 5.86. The summed E-state index contributed by atoms with van der Waals surface area (Å²) in [7, 11) is 1.69. The molecule has 4 nitrogen and oxygen atoms in total. The van der Waals surface area contributed by atoms with Crippen molar-refractivity contribution in [2.24, 2.45) is 0 Å². The van der Waals surface area contributed by atoms with Crippen LogP contribution in [0.15, 0.2) is 30.6 Å². The topological polar surface area (TPSA) is 38.2 Å². The highest BCUT2D eigenvalue weighted by Crippen LogP contribution is 2.22. The molecule has 0 aliphatic rings. The highest BCUT2D eigenvalue weighted by atomic mass is 35.5. The van der Waals surface area contributed by atoms with Crippen LogP contribution in [0.25, 0.3) is 10.9 Å². The van der Waals surface area contributed by atoms with Crippen LogP contribution in [0.2, 0.25) is 0 Å². The van der Waals surface area contributed by atoms with Gasteiger partial charge in [-0.3, -0.25) is 0 Å². The number of fused-ring (bicyclic) bond motifs is 1. The van der Waals surface area contributed by atoms with E-state index in [4.69, 9.17) is 16.3 Å². The standard InChI is InChI=1S/C13H16ClN3O/c1-18-9-8-17(7-6-14)13-11-4-2-3-5-12(11)15-10-16-13/h2-5,10H,6-9H2,1H3. The summed E-state index contributed by atoms with van der Waals surface area (Å²) in [6.45, 7) is 2.16. The van der Waals surface area contributed by atoms with Crippen LogP contribution in [0.4, 0.5) is 5.82 Å². The molecule has 2 rings (SSSR count). The van der Waals surface area contributed by atoms with Gasteiger partial charge in [0.25, 0.3) is 0 Å². The van der Waals surface area contributed by atoms with Gasteiger partial charge in [0.1, 0.15) is 12.1 Å². The van der Waals surface area contributed by atoms with Gasteiger partial charge in [0.05, 0.1) is 12.1 Å². The van der Waals surface area contributed by atoms with Crippen molar-refractivity contribution in [3.63, 3.8) is 0 Å². The first-order valence-corrected chi connectivity index (χ1v) is 6.40. The van der Waals surface area contributed by atoms with E-state index in [9.17, 15) is 0 Å². The van der Waals surface area contributed by atoms with Crippen LogP contribution in [0.1, 0.15) is 0 Å². The van der Waals surface area contributed by atoms with Gasteiger partial charge in [-0.2, -0.15) is 0 Å². The Morgan fingerprint density at radius 1 is 1.22 bits per heavy atom. The minimum absolute atomic E-state index is 0.558. The second kappa shape index (κ2) is 6.52. The maximum atomic E-state index is 5.85. The van der Waals surface area contributed by atoms with E-state index < -0.39 is 0 Å². The minimum Gasteiger partial charge on any atom is -0.383 e. The molecule has 1 aromatic heterocycles. The fourth-order valence-electron chi connectivity index (χ4n) is 1.87. The number of aromatic nitrogens is 2. The molecule has 0 aliphatic carbocycles. The average molecular weight is 266 g/mol. The summed E-state index contributed by atoms with van der Waals surface area (Å²) < 4.78 is 5.12. The van der Waals surface area contributed by atoms with Crippen LogP contribution < -0.4 is 4.90 Å². The maximum absolute atomic E-state index is 5.85. The minimum atomic E-state index is 0.558. The Morgan fingerprint density at radius 2 is 2.06 bits per heavy atom. The molecular weight excluding hydrogens is 250 g/mol. The highest BCUT2D eigenvalue weighted by molar-refractivity contribution is 6.18. The Bertz CT molecular complexity index is 501. The first-order chi connectivity index (χ1) is 8.86. The predicted octanol–water partition coefficient (Wildman–Crippen LogP) is 2.32. The molecule has 0 radical (unpaired) electrons. The van der Waals surface area contributed by atoms with E-state index in [1.54, 1.807) is 13.4 Å². The quantitative estimate of drug-likeness (QED) is 0.752. The third-order valence-electron chi connectivity index (χ3n) is 2.74. The van der Waals surface area contributed by atoms with Gasteiger partial charge in [0.15, 0.2) is 0 Å². The zero-order chi connectivity index (χ0) is 12.8. The molecule has 0 N–H and O–H groups in total. The van der Waals surface area contributed by atoms with E-state index in [0.717, 1.165) is 29.8 Å². The van der Waals surface area contributed by atoms with Crippen LogP contribution >= 0.6 is 11.6 Å². The predicted molar refractivity (Wildman–Crippen MR) is 74.3 cm³/mol. The van der Waals surface area contributed by atoms with E-state index in [1.165, 1.54) is 0 Å². The number of rotatable bonds is 6. The van der Waals surface area contributed by atoms with E-state index in [0.29, 0.717) is 12.5 Å². The van der Waals surface area contributed by atoms with E-state index >= 15 is 0 Å². The normalized spacial score (nSPS) is 10.8. The molecule has 2 aromatic rings. The summed E-state index contributed by atoms with van der Waals surface area (Å²) >= 11 is 5.85. The molecule has 1 heterocycles. The van der Waals surface area contributed by atoms with Crippen molar-refractivity contribution in [3.05, 3.63) is 30.6 Å². The number of hydrogen-bond donors (Lipinski definition) is 0. The number of hydrogen-bond acceptors (Lipinski definition) is 4. The second-order valence-corrected chi connectivity index (χ2v) is 4.26. The maximum Gasteiger partial charge on any atom is 0.139 e. The van der Waals surface area contributed by atoms with Gasteiger partial charge >= 0.3 is 0 Å². The fourth-order valence-corrected chi connectivity index (χ4v) is 2.07. The first kappa shape index (κ1) is 13.1. The number of nitrogens with zero attached hydrogens (tertiary/aromatic N) is 3. The highest BCUT2D eigenvalue weighted by Gasteiger charge is 2.11. The molecule has 0 aliphatic heterocycles. The van der Waals surface area contributed by atoms with Gasteiger partial charge < -0.3 is 9.64 Å². The number of para-hydroxylation sites is 1. The summed E-state index contributed by atoms with van der Waals surface area (Å²) in [5.74, 6) is 1.47. The lowest BCUT2D eigenvalue weighted by atomic mass is 10.2. The van der Waals surface area contributed by atoms with Crippen LogP contribution in [0, 0.1) is 0 Å². The third kappa shape index (κ3) is 2.89. The average Bonchev–Trinajstić information content (AvgIpc) is 2.43. The molecule has 0 fully saturated rings. The SMILES string of the molecule is COCCN(CCCl)c1ncnc2ccccc12. The number of benzene rings is 1. The monoisotopic (exact) mass is 265 g/mol. The summed E-state index contributed by atoms with van der Waals surface area (Å²) in [4.78, 5) is 10.8. The molecule has 0 unspecified atom stereocenters. The number of anilines is 1. The van der Waals surface area contributed by atoms with Crippen molar-refractivity contribution in [2.75, 3.05) is 37.6 Å². The lowest BCUT2D eigenvalue weighted by molar-refractivity contribution is 0.205. The van der Waals surface area contributed by atoms with E-state index in [1.807, 2.05) is 24.3 Å². The van der Waals surface area contributed by atoms with Crippen molar-refractivity contribution in [1.82, 2.24) is 9.97 Å². The Kier molecular flexibility index (Phi) is 4.73. The van der Waals surface area contributed by atoms with E-state index in [2.05, 4.69) is 14.9 Å². The van der Waals surface area contributed by atoms with Gasteiger partial charge in [-0.15, -0.1) is 11.6 Å². The fraction of sp³-hybridized carbons (Fsp3) is 0.385. The second-order valence-electron chi connectivity index (χ2n) is 3.88. The number of halogens is 1. The summed E-state index contributed by atoms with van der Waals surface area (Å²) in [5.41, 5.74) is 0.944. The third-order valence-corrected chi connectivity index (χ3v) is 2.91. The van der Waals surface area contributed by atoms with Gasteiger partial charge in [-0.25, -0.2) is 9.97 Å². The molecule has 1 aromatic carbocycles. The van der Waals surface area contributed by atoms with Gasteiger partial charge in [0, 0.05) is 31.5 Å². The summed E-state index contributed by atoms with van der Waals surface area (Å²) in [6, 6.07) is 7.97. The van der Waals surface area contributed by atoms with Gasteiger partial charge in [-0.1, -0.05) is 12.1 Å². The molecule has 5 heteroatoms. The Balaban J connectivity index is 2.36. The Morgan fingerprint density at radius 3 is 2.83 bits per heavy atom. The molecule has 0 atom stereocenters. The molecule has 0 spiro atoms. The zero-order valence-corrected chi connectivity index (χ0v) is 11.1. The van der Waals surface area contributed by atoms with E-state index in [-0.39, 0.29) is 0 Å². The molecule has 96 valence electrons. The molecule has 18 heavy (non-hydrogen) atoms. The van der Waals surface area contributed by atoms with Crippen LogP contribution in [-0.4, -0.2) is 42.7 Å². The number of alkyl halides is 1. The molecule has 0 amide bonds. The Hall–Kier alpha value is -1.39. The van der Waals surface area contributed by atoms with Crippen molar-refractivity contribution in [1.29, 1.82) is 0 Å². The summed E-state index contributed by atoms with van der Waals surface area (Å²) in [5, 5.41) is 1.04. The lowest BCUT2D eigenvalue weighted by Gasteiger charge is -2.23. The van der Waals surface area contributed by atoms with Crippen LogP contribution in [-0.2, 0) is 4.74 Å². The van der Waals surface area contributed by atoms with Gasteiger partial charge in [0.2, 0.25) is 0 Å². The van der Waals surface area contributed by atoms with Crippen molar-refractivity contribution in [2.45, 2.75) is 0 Å².